The van der Waals surface area contributed by atoms with E-state index in [-0.39, 0.29) is 31.7 Å². The molecule has 0 aliphatic carbocycles. The van der Waals surface area contributed by atoms with Crippen molar-refractivity contribution in [3.05, 3.63) is 65.7 Å². The van der Waals surface area contributed by atoms with Crippen LogP contribution in [0.4, 0.5) is 4.79 Å². The fraction of sp³-hybridized carbons (Fsp3) is 0.304. The first-order chi connectivity index (χ1) is 15.8. The Kier molecular flexibility index (Phi) is 9.84. The van der Waals surface area contributed by atoms with E-state index in [4.69, 9.17) is 15.2 Å². The van der Waals surface area contributed by atoms with Gasteiger partial charge in [-0.05, 0) is 30.2 Å². The number of carboxylic acid groups (broad SMARTS) is 1. The summed E-state index contributed by atoms with van der Waals surface area (Å²) in [5.74, 6) is -2.10. The Bertz CT molecular complexity index is 948. The molecule has 0 aliphatic heterocycles. The predicted molar refractivity (Wildman–Crippen MR) is 118 cm³/mol. The normalized spacial score (nSPS) is 12.2. The van der Waals surface area contributed by atoms with Crippen molar-refractivity contribution in [1.82, 2.24) is 10.6 Å². The summed E-state index contributed by atoms with van der Waals surface area (Å²) in [6, 6.07) is 13.2. The van der Waals surface area contributed by atoms with E-state index in [2.05, 4.69) is 10.6 Å². The number of amides is 2. The van der Waals surface area contributed by atoms with Gasteiger partial charge in [-0.15, -0.1) is 0 Å². The van der Waals surface area contributed by atoms with Gasteiger partial charge < -0.3 is 30.9 Å². The van der Waals surface area contributed by atoms with Gasteiger partial charge in [0.15, 0.2) is 0 Å². The minimum Gasteiger partial charge on any atom is -0.480 e. The monoisotopic (exact) mass is 457 g/mol. The van der Waals surface area contributed by atoms with E-state index in [0.29, 0.717) is 5.56 Å². The van der Waals surface area contributed by atoms with Gasteiger partial charge in [0.25, 0.3) is 0 Å². The second kappa shape index (κ2) is 12.8. The number of alkyl carbamates (subject to hydrolysis) is 1. The number of aliphatic carboxylic acids is 1. The quantitative estimate of drug-likeness (QED) is 0.291. The Morgan fingerprint density at radius 1 is 0.970 bits per heavy atom. The third kappa shape index (κ3) is 8.99. The lowest BCUT2D eigenvalue weighted by molar-refractivity contribution is -0.141. The molecule has 10 nitrogen and oxygen atoms in total. The lowest BCUT2D eigenvalue weighted by Crippen LogP contribution is -2.42. The van der Waals surface area contributed by atoms with Crippen molar-refractivity contribution in [2.75, 3.05) is 6.54 Å². The standard InChI is InChI=1S/C23H27N3O7/c1-15(25-23(31)32-14-17-5-3-2-4-6-17)22(30)33-18-9-7-16(8-10-18)13-19(21(28)29)26-20(27)11-12-24/h2-10,15,19H,11-14,24H2,1H3,(H,25,31)(H,26,27)(H,28,29)/t15-,19-/m0/s1. The molecular formula is C23H27N3O7. The fourth-order valence-electron chi connectivity index (χ4n) is 2.73. The molecule has 5 N–H and O–H groups in total. The van der Waals surface area contributed by atoms with Crippen molar-refractivity contribution in [2.45, 2.75) is 38.5 Å². The van der Waals surface area contributed by atoms with Crippen molar-refractivity contribution in [1.29, 1.82) is 0 Å². The van der Waals surface area contributed by atoms with Crippen LogP contribution in [0.2, 0.25) is 0 Å². The zero-order valence-electron chi connectivity index (χ0n) is 18.2. The van der Waals surface area contributed by atoms with E-state index in [9.17, 15) is 24.3 Å². The van der Waals surface area contributed by atoms with Gasteiger partial charge in [-0.25, -0.2) is 14.4 Å². The number of carbonyl (C=O) groups is 4. The average molecular weight is 457 g/mol. The van der Waals surface area contributed by atoms with E-state index >= 15 is 0 Å². The number of esters is 1. The number of hydrogen-bond donors (Lipinski definition) is 4. The van der Waals surface area contributed by atoms with E-state index in [1.165, 1.54) is 19.1 Å². The van der Waals surface area contributed by atoms with E-state index in [0.717, 1.165) is 5.56 Å². The number of hydrogen-bond acceptors (Lipinski definition) is 7. The minimum atomic E-state index is -1.17. The van der Waals surface area contributed by atoms with Crippen LogP contribution < -0.4 is 21.1 Å². The molecule has 0 radical (unpaired) electrons. The topological polar surface area (TPSA) is 157 Å². The summed E-state index contributed by atoms with van der Waals surface area (Å²) in [4.78, 5) is 47.1. The molecule has 0 fully saturated rings. The molecule has 0 saturated heterocycles. The Morgan fingerprint density at radius 3 is 2.24 bits per heavy atom. The summed E-state index contributed by atoms with van der Waals surface area (Å²) in [6.07, 6.45) is -0.675. The molecule has 2 rings (SSSR count). The van der Waals surface area contributed by atoms with Crippen molar-refractivity contribution >= 4 is 23.9 Å². The fourth-order valence-corrected chi connectivity index (χ4v) is 2.73. The number of benzene rings is 2. The summed E-state index contributed by atoms with van der Waals surface area (Å²) in [6.45, 7) is 1.65. The molecular weight excluding hydrogens is 430 g/mol. The van der Waals surface area contributed by atoms with E-state index in [1.54, 1.807) is 24.3 Å². The number of nitrogens with one attached hydrogen (secondary N) is 2. The molecule has 0 unspecified atom stereocenters. The average Bonchev–Trinajstić information content (AvgIpc) is 2.79. The highest BCUT2D eigenvalue weighted by atomic mass is 16.6. The van der Waals surface area contributed by atoms with Crippen LogP contribution in [0.5, 0.6) is 5.75 Å². The van der Waals surface area contributed by atoms with Gasteiger partial charge in [0.1, 0.15) is 24.4 Å². The maximum atomic E-state index is 12.2. The molecule has 0 heterocycles. The van der Waals surface area contributed by atoms with Crippen LogP contribution in [-0.4, -0.2) is 47.7 Å². The molecule has 0 spiro atoms. The number of rotatable bonds is 11. The SMILES string of the molecule is C[C@H](NC(=O)OCc1ccccc1)C(=O)Oc1ccc(C[C@H](NC(=O)CCN)C(=O)O)cc1. The molecule has 33 heavy (non-hydrogen) atoms. The summed E-state index contributed by atoms with van der Waals surface area (Å²) in [5, 5.41) is 14.1. The number of carbonyl (C=O) groups excluding carboxylic acids is 3. The first kappa shape index (κ1) is 25.3. The lowest BCUT2D eigenvalue weighted by Gasteiger charge is -2.15. The lowest BCUT2D eigenvalue weighted by atomic mass is 10.1. The van der Waals surface area contributed by atoms with Crippen LogP contribution in [-0.2, 0) is 32.1 Å². The maximum absolute atomic E-state index is 12.2. The highest BCUT2D eigenvalue weighted by Crippen LogP contribution is 2.14. The van der Waals surface area contributed by atoms with Gasteiger partial charge in [0, 0.05) is 19.4 Å². The molecule has 176 valence electrons. The van der Waals surface area contributed by atoms with Crippen LogP contribution in [0, 0.1) is 0 Å². The number of carboxylic acids is 1. The largest absolute Gasteiger partial charge is 0.480 e. The molecule has 2 atom stereocenters. The summed E-state index contributed by atoms with van der Waals surface area (Å²) in [7, 11) is 0. The van der Waals surface area contributed by atoms with E-state index < -0.39 is 36.0 Å². The van der Waals surface area contributed by atoms with Crippen molar-refractivity contribution in [3.8, 4) is 5.75 Å². The van der Waals surface area contributed by atoms with Crippen LogP contribution in [0.15, 0.2) is 54.6 Å². The van der Waals surface area contributed by atoms with E-state index in [1.807, 2.05) is 18.2 Å². The smallest absolute Gasteiger partial charge is 0.408 e. The first-order valence-corrected chi connectivity index (χ1v) is 10.3. The van der Waals surface area contributed by atoms with Gasteiger partial charge >= 0.3 is 18.0 Å². The highest BCUT2D eigenvalue weighted by Gasteiger charge is 2.21. The molecule has 0 aromatic heterocycles. The summed E-state index contributed by atoms with van der Waals surface area (Å²) < 4.78 is 10.3. The van der Waals surface area contributed by atoms with Crippen LogP contribution >= 0.6 is 0 Å². The maximum Gasteiger partial charge on any atom is 0.408 e. The molecule has 0 saturated carbocycles. The molecule has 0 bridgehead atoms. The third-order valence-corrected chi connectivity index (χ3v) is 4.49. The highest BCUT2D eigenvalue weighted by molar-refractivity contribution is 5.84. The molecule has 0 aliphatic rings. The van der Waals surface area contributed by atoms with Crippen LogP contribution in [0.3, 0.4) is 0 Å². The second-order valence-corrected chi connectivity index (χ2v) is 7.19. The van der Waals surface area contributed by atoms with Crippen LogP contribution in [0.25, 0.3) is 0 Å². The van der Waals surface area contributed by atoms with Gasteiger partial charge in [0.2, 0.25) is 5.91 Å². The second-order valence-electron chi connectivity index (χ2n) is 7.19. The Labute approximate surface area is 191 Å². The van der Waals surface area contributed by atoms with Crippen molar-refractivity contribution < 1.29 is 33.8 Å². The van der Waals surface area contributed by atoms with Crippen LogP contribution in [0.1, 0.15) is 24.5 Å². The Hall–Kier alpha value is -3.92. The van der Waals surface area contributed by atoms with Gasteiger partial charge in [-0.2, -0.15) is 0 Å². The Morgan fingerprint density at radius 2 is 1.64 bits per heavy atom. The molecule has 2 aromatic rings. The summed E-state index contributed by atoms with van der Waals surface area (Å²) in [5.41, 5.74) is 6.73. The number of nitrogens with two attached hydrogens (primary N) is 1. The predicted octanol–water partition coefficient (Wildman–Crippen LogP) is 1.37. The van der Waals surface area contributed by atoms with Crippen molar-refractivity contribution in [3.63, 3.8) is 0 Å². The summed E-state index contributed by atoms with van der Waals surface area (Å²) >= 11 is 0. The molecule has 10 heteroatoms. The van der Waals surface area contributed by atoms with Gasteiger partial charge in [0.05, 0.1) is 0 Å². The first-order valence-electron chi connectivity index (χ1n) is 10.3. The van der Waals surface area contributed by atoms with Gasteiger partial charge in [-0.3, -0.25) is 4.79 Å². The zero-order valence-corrected chi connectivity index (χ0v) is 18.2. The molecule has 2 aromatic carbocycles. The zero-order chi connectivity index (χ0) is 24.2. The minimum absolute atomic E-state index is 0.0324. The Balaban J connectivity index is 1.83. The third-order valence-electron chi connectivity index (χ3n) is 4.49. The number of ether oxygens (including phenoxy) is 2. The van der Waals surface area contributed by atoms with Crippen molar-refractivity contribution in [2.24, 2.45) is 5.73 Å². The van der Waals surface area contributed by atoms with Gasteiger partial charge in [-0.1, -0.05) is 42.5 Å². The molecule has 2 amide bonds.